The van der Waals surface area contributed by atoms with Gasteiger partial charge in [0.25, 0.3) is 0 Å². The van der Waals surface area contributed by atoms with Crippen LogP contribution in [-0.4, -0.2) is 18.4 Å². The third kappa shape index (κ3) is 3.83. The van der Waals surface area contributed by atoms with E-state index in [0.29, 0.717) is 6.54 Å². The first-order chi connectivity index (χ1) is 12.5. The van der Waals surface area contributed by atoms with E-state index < -0.39 is 0 Å². The number of para-hydroxylation sites is 1. The summed E-state index contributed by atoms with van der Waals surface area (Å²) in [5.74, 6) is -0.412. The highest BCUT2D eigenvalue weighted by molar-refractivity contribution is 9.10. The largest absolute Gasteiger partial charge is 0.326 e. The Morgan fingerprint density at radius 2 is 1.88 bits per heavy atom. The summed E-state index contributed by atoms with van der Waals surface area (Å²) in [7, 11) is 0. The van der Waals surface area contributed by atoms with Gasteiger partial charge in [-0.1, -0.05) is 48.0 Å². The van der Waals surface area contributed by atoms with Crippen molar-refractivity contribution in [2.75, 3.05) is 16.8 Å². The van der Waals surface area contributed by atoms with E-state index in [2.05, 4.69) is 35.1 Å². The zero-order valence-corrected chi connectivity index (χ0v) is 16.7. The highest BCUT2D eigenvalue weighted by Gasteiger charge is 2.35. The number of hydrogen-bond donors (Lipinski definition) is 1. The quantitative estimate of drug-likeness (QED) is 0.778. The van der Waals surface area contributed by atoms with Crippen LogP contribution in [0.3, 0.4) is 0 Å². The van der Waals surface area contributed by atoms with Crippen molar-refractivity contribution in [2.45, 2.75) is 33.1 Å². The molecule has 0 aromatic heterocycles. The molecule has 4 nitrogen and oxygen atoms in total. The number of amides is 2. The number of aryl methyl sites for hydroxylation is 2. The first kappa shape index (κ1) is 18.6. The maximum absolute atomic E-state index is 12.7. The van der Waals surface area contributed by atoms with Crippen LogP contribution >= 0.6 is 15.9 Å². The van der Waals surface area contributed by atoms with Crippen LogP contribution < -0.4 is 10.2 Å². The van der Waals surface area contributed by atoms with Gasteiger partial charge in [-0.05, 0) is 48.2 Å². The Balaban J connectivity index is 1.75. The van der Waals surface area contributed by atoms with E-state index in [1.54, 1.807) is 4.90 Å². The number of carbonyl (C=O) groups is 2. The summed E-state index contributed by atoms with van der Waals surface area (Å²) in [5, 5.41) is 3.01. The number of benzene rings is 2. The SMILES string of the molecule is CCc1cc(Br)ccc1NC(=O)[C@H]1CC(=O)N(c2ccccc2CC)C1. The molecule has 2 amide bonds. The van der Waals surface area contributed by atoms with Gasteiger partial charge in [-0.3, -0.25) is 9.59 Å². The van der Waals surface area contributed by atoms with Crippen LogP contribution in [0.1, 0.15) is 31.4 Å². The fourth-order valence-electron chi connectivity index (χ4n) is 3.40. The van der Waals surface area contributed by atoms with Gasteiger partial charge in [-0.25, -0.2) is 0 Å². The first-order valence-electron chi connectivity index (χ1n) is 9.01. The molecule has 0 spiro atoms. The summed E-state index contributed by atoms with van der Waals surface area (Å²) in [6.07, 6.45) is 1.94. The second kappa shape index (κ2) is 8.04. The molecule has 1 N–H and O–H groups in total. The molecule has 1 aliphatic heterocycles. The van der Waals surface area contributed by atoms with Crippen molar-refractivity contribution >= 4 is 39.1 Å². The lowest BCUT2D eigenvalue weighted by Crippen LogP contribution is -2.29. The molecular weight excluding hydrogens is 392 g/mol. The summed E-state index contributed by atoms with van der Waals surface area (Å²) in [4.78, 5) is 27.0. The minimum Gasteiger partial charge on any atom is -0.326 e. The van der Waals surface area contributed by atoms with Gasteiger partial charge < -0.3 is 10.2 Å². The number of halogens is 1. The topological polar surface area (TPSA) is 49.4 Å². The van der Waals surface area contributed by atoms with E-state index in [9.17, 15) is 9.59 Å². The number of nitrogens with zero attached hydrogens (tertiary/aromatic N) is 1. The predicted molar refractivity (Wildman–Crippen MR) is 108 cm³/mol. The van der Waals surface area contributed by atoms with Crippen LogP contribution in [0.2, 0.25) is 0 Å². The normalized spacial score (nSPS) is 16.8. The average Bonchev–Trinajstić information content (AvgIpc) is 3.04. The molecule has 1 aliphatic rings. The van der Waals surface area contributed by atoms with Gasteiger partial charge >= 0.3 is 0 Å². The maximum atomic E-state index is 12.7. The lowest BCUT2D eigenvalue weighted by atomic mass is 10.1. The van der Waals surface area contributed by atoms with Gasteiger partial charge in [0.15, 0.2) is 0 Å². The van der Waals surface area contributed by atoms with Gasteiger partial charge in [0.1, 0.15) is 0 Å². The summed E-state index contributed by atoms with van der Waals surface area (Å²) < 4.78 is 0.991. The molecule has 0 aliphatic carbocycles. The molecule has 2 aromatic rings. The molecule has 0 unspecified atom stereocenters. The zero-order valence-electron chi connectivity index (χ0n) is 15.1. The van der Waals surface area contributed by atoms with Gasteiger partial charge in [0.2, 0.25) is 11.8 Å². The fraction of sp³-hybridized carbons (Fsp3) is 0.333. The van der Waals surface area contributed by atoms with Gasteiger partial charge in [-0.2, -0.15) is 0 Å². The second-order valence-electron chi connectivity index (χ2n) is 6.53. The maximum Gasteiger partial charge on any atom is 0.229 e. The molecule has 1 heterocycles. The van der Waals surface area contributed by atoms with E-state index in [1.807, 2.05) is 42.5 Å². The van der Waals surface area contributed by atoms with Crippen LogP contribution in [-0.2, 0) is 22.4 Å². The molecule has 26 heavy (non-hydrogen) atoms. The number of anilines is 2. The number of nitrogens with one attached hydrogen (secondary N) is 1. The number of rotatable bonds is 5. The number of carbonyl (C=O) groups excluding carboxylic acids is 2. The van der Waals surface area contributed by atoms with Crippen molar-refractivity contribution in [1.29, 1.82) is 0 Å². The Hall–Kier alpha value is -2.14. The van der Waals surface area contributed by atoms with Crippen LogP contribution in [0.25, 0.3) is 0 Å². The van der Waals surface area contributed by atoms with E-state index in [1.165, 1.54) is 0 Å². The molecule has 1 atom stereocenters. The average molecular weight is 415 g/mol. The van der Waals surface area contributed by atoms with Crippen molar-refractivity contribution in [1.82, 2.24) is 0 Å². The Labute approximate surface area is 162 Å². The Bertz CT molecular complexity index is 835. The van der Waals surface area contributed by atoms with E-state index in [0.717, 1.165) is 39.8 Å². The minimum atomic E-state index is -0.333. The van der Waals surface area contributed by atoms with Crippen molar-refractivity contribution in [3.05, 3.63) is 58.1 Å². The van der Waals surface area contributed by atoms with Crippen molar-refractivity contribution < 1.29 is 9.59 Å². The van der Waals surface area contributed by atoms with Crippen LogP contribution in [0, 0.1) is 5.92 Å². The molecule has 1 fully saturated rings. The lowest BCUT2D eigenvalue weighted by molar-refractivity contribution is -0.122. The minimum absolute atomic E-state index is 0.0116. The molecule has 0 radical (unpaired) electrons. The van der Waals surface area contributed by atoms with Crippen molar-refractivity contribution in [2.24, 2.45) is 5.92 Å². The second-order valence-corrected chi connectivity index (χ2v) is 7.45. The van der Waals surface area contributed by atoms with Gasteiger partial charge in [0.05, 0.1) is 5.92 Å². The van der Waals surface area contributed by atoms with E-state index in [4.69, 9.17) is 0 Å². The standard InChI is InChI=1S/C21H23BrN2O2/c1-3-14-7-5-6-8-19(14)24-13-16(12-20(24)25)21(26)23-18-10-9-17(22)11-15(18)4-2/h5-11,16H,3-4,12-13H2,1-2H3,(H,23,26)/t16-/m0/s1. The first-order valence-corrected chi connectivity index (χ1v) is 9.80. The molecular formula is C21H23BrN2O2. The number of hydrogen-bond acceptors (Lipinski definition) is 2. The van der Waals surface area contributed by atoms with Crippen LogP contribution in [0.15, 0.2) is 46.9 Å². The van der Waals surface area contributed by atoms with Crippen molar-refractivity contribution in [3.63, 3.8) is 0 Å². The Kier molecular flexibility index (Phi) is 5.77. The van der Waals surface area contributed by atoms with E-state index >= 15 is 0 Å². The Morgan fingerprint density at radius 1 is 1.15 bits per heavy atom. The molecule has 3 rings (SSSR count). The molecule has 5 heteroatoms. The lowest BCUT2D eigenvalue weighted by Gasteiger charge is -2.20. The monoisotopic (exact) mass is 414 g/mol. The third-order valence-electron chi connectivity index (χ3n) is 4.87. The molecule has 1 saturated heterocycles. The summed E-state index contributed by atoms with van der Waals surface area (Å²) in [5.41, 5.74) is 3.95. The van der Waals surface area contributed by atoms with Crippen molar-refractivity contribution in [3.8, 4) is 0 Å². The summed E-state index contributed by atoms with van der Waals surface area (Å²) in [6.45, 7) is 4.56. The Morgan fingerprint density at radius 3 is 2.62 bits per heavy atom. The summed E-state index contributed by atoms with van der Waals surface area (Å²) in [6, 6.07) is 13.7. The molecule has 2 aromatic carbocycles. The molecule has 136 valence electrons. The smallest absolute Gasteiger partial charge is 0.229 e. The molecule has 0 saturated carbocycles. The van der Waals surface area contributed by atoms with Gasteiger partial charge in [0, 0.05) is 28.8 Å². The van der Waals surface area contributed by atoms with E-state index in [-0.39, 0.29) is 24.2 Å². The highest BCUT2D eigenvalue weighted by Crippen LogP contribution is 2.30. The van der Waals surface area contributed by atoms with Gasteiger partial charge in [-0.15, -0.1) is 0 Å². The fourth-order valence-corrected chi connectivity index (χ4v) is 3.81. The predicted octanol–water partition coefficient (Wildman–Crippen LogP) is 4.57. The summed E-state index contributed by atoms with van der Waals surface area (Å²) >= 11 is 3.46. The zero-order chi connectivity index (χ0) is 18.7. The van der Waals surface area contributed by atoms with Crippen LogP contribution in [0.5, 0.6) is 0 Å². The molecule has 0 bridgehead atoms. The highest BCUT2D eigenvalue weighted by atomic mass is 79.9. The van der Waals surface area contributed by atoms with Crippen LogP contribution in [0.4, 0.5) is 11.4 Å². The third-order valence-corrected chi connectivity index (χ3v) is 5.36.